The van der Waals surface area contributed by atoms with Crippen molar-refractivity contribution in [1.82, 2.24) is 9.80 Å². The van der Waals surface area contributed by atoms with E-state index in [1.165, 1.54) is 12.0 Å². The predicted molar refractivity (Wildman–Crippen MR) is 127 cm³/mol. The van der Waals surface area contributed by atoms with Gasteiger partial charge in [0, 0.05) is 38.6 Å². The average Bonchev–Trinajstić information content (AvgIpc) is 2.76. The fourth-order valence-corrected chi connectivity index (χ4v) is 5.30. The van der Waals surface area contributed by atoms with Gasteiger partial charge >= 0.3 is 0 Å². The Morgan fingerprint density at radius 1 is 0.900 bits per heavy atom. The Morgan fingerprint density at radius 2 is 1.60 bits per heavy atom. The number of piperazine rings is 1. The zero-order chi connectivity index (χ0) is 21.1. The smallest absolute Gasteiger partial charge is 0.0728 e. The molecule has 2 aromatic carbocycles. The summed E-state index contributed by atoms with van der Waals surface area (Å²) in [4.78, 5) is 4.91. The topological polar surface area (TPSA) is 26.7 Å². The Balaban J connectivity index is 1.65. The first kappa shape index (κ1) is 22.1. The lowest BCUT2D eigenvalue weighted by atomic mass is 9.72. The van der Waals surface area contributed by atoms with Crippen molar-refractivity contribution in [3.63, 3.8) is 0 Å². The van der Waals surface area contributed by atoms with Crippen LogP contribution in [0.25, 0.3) is 11.1 Å². The molecule has 2 fully saturated rings. The van der Waals surface area contributed by atoms with E-state index in [9.17, 15) is 5.11 Å². The molecular formula is C25H32Cl2N2O. The molecule has 1 N–H and O–H groups in total. The molecule has 2 aliphatic rings. The second-order valence-electron chi connectivity index (χ2n) is 9.08. The highest BCUT2D eigenvalue weighted by Gasteiger charge is 2.39. The summed E-state index contributed by atoms with van der Waals surface area (Å²) in [6, 6.07) is 14.4. The molecule has 5 heteroatoms. The molecule has 0 amide bonds. The lowest BCUT2D eigenvalue weighted by molar-refractivity contribution is -0.0336. The maximum Gasteiger partial charge on any atom is 0.0728 e. The van der Waals surface area contributed by atoms with Gasteiger partial charge in [-0.15, -0.1) is 0 Å². The van der Waals surface area contributed by atoms with Crippen LogP contribution in [0.1, 0.15) is 43.6 Å². The highest BCUT2D eigenvalue weighted by atomic mass is 35.5. The van der Waals surface area contributed by atoms with Crippen molar-refractivity contribution in [2.75, 3.05) is 39.8 Å². The molecule has 0 aromatic heterocycles. The molecular weight excluding hydrogens is 415 g/mol. The number of benzene rings is 2. The van der Waals surface area contributed by atoms with Gasteiger partial charge < -0.3 is 14.9 Å². The van der Waals surface area contributed by atoms with Gasteiger partial charge in [-0.05, 0) is 48.7 Å². The van der Waals surface area contributed by atoms with Crippen LogP contribution in [0.4, 0.5) is 0 Å². The lowest BCUT2D eigenvalue weighted by Gasteiger charge is -2.43. The third-order valence-electron chi connectivity index (χ3n) is 6.95. The van der Waals surface area contributed by atoms with Crippen molar-refractivity contribution in [3.8, 4) is 11.1 Å². The van der Waals surface area contributed by atoms with Gasteiger partial charge in [0.25, 0.3) is 0 Å². The SMILES string of the molecule is CN1CCN(CC(c2cccc(-c3ccc(Cl)c(Cl)c3)c2)C2(O)CCCCC2)CC1. The number of aliphatic hydroxyl groups is 1. The van der Waals surface area contributed by atoms with Gasteiger partial charge in [-0.1, -0.05) is 72.8 Å². The van der Waals surface area contributed by atoms with Gasteiger partial charge in [0.15, 0.2) is 0 Å². The minimum atomic E-state index is -0.627. The maximum absolute atomic E-state index is 11.7. The maximum atomic E-state index is 11.7. The molecule has 1 aliphatic heterocycles. The van der Waals surface area contributed by atoms with Crippen molar-refractivity contribution in [2.45, 2.75) is 43.6 Å². The first-order valence-corrected chi connectivity index (χ1v) is 11.9. The molecule has 4 rings (SSSR count). The summed E-state index contributed by atoms with van der Waals surface area (Å²) in [6.45, 7) is 5.23. The minimum Gasteiger partial charge on any atom is -0.389 e. The van der Waals surface area contributed by atoms with E-state index in [2.05, 4.69) is 41.1 Å². The quantitative estimate of drug-likeness (QED) is 0.638. The van der Waals surface area contributed by atoms with Gasteiger partial charge in [0.2, 0.25) is 0 Å². The van der Waals surface area contributed by atoms with E-state index in [-0.39, 0.29) is 5.92 Å². The molecule has 1 saturated heterocycles. The van der Waals surface area contributed by atoms with Gasteiger partial charge in [-0.25, -0.2) is 0 Å². The highest BCUT2D eigenvalue weighted by molar-refractivity contribution is 6.42. The molecule has 162 valence electrons. The van der Waals surface area contributed by atoms with E-state index in [0.29, 0.717) is 10.0 Å². The fourth-order valence-electron chi connectivity index (χ4n) is 5.00. The number of hydrogen-bond acceptors (Lipinski definition) is 3. The Hall–Kier alpha value is -1.10. The number of rotatable bonds is 5. The summed E-state index contributed by atoms with van der Waals surface area (Å²) in [7, 11) is 2.18. The minimum absolute atomic E-state index is 0.115. The number of hydrogen-bond donors (Lipinski definition) is 1. The molecule has 3 nitrogen and oxygen atoms in total. The van der Waals surface area contributed by atoms with Crippen LogP contribution in [0.15, 0.2) is 42.5 Å². The number of likely N-dealkylation sites (N-methyl/N-ethyl adjacent to an activating group) is 1. The Bertz CT molecular complexity index is 858. The van der Waals surface area contributed by atoms with Crippen LogP contribution in [0.2, 0.25) is 10.0 Å². The van der Waals surface area contributed by atoms with Crippen LogP contribution in [0, 0.1) is 0 Å². The van der Waals surface area contributed by atoms with Crippen molar-refractivity contribution in [3.05, 3.63) is 58.1 Å². The van der Waals surface area contributed by atoms with Crippen LogP contribution < -0.4 is 0 Å². The van der Waals surface area contributed by atoms with Crippen molar-refractivity contribution in [1.29, 1.82) is 0 Å². The summed E-state index contributed by atoms with van der Waals surface area (Å²) in [5, 5.41) is 12.9. The molecule has 0 spiro atoms. The zero-order valence-corrected chi connectivity index (χ0v) is 19.3. The van der Waals surface area contributed by atoms with E-state index in [1.807, 2.05) is 18.2 Å². The number of halogens is 2. The molecule has 1 unspecified atom stereocenters. The molecule has 0 bridgehead atoms. The van der Waals surface area contributed by atoms with Crippen LogP contribution in [0.5, 0.6) is 0 Å². The van der Waals surface area contributed by atoms with Gasteiger partial charge in [0.05, 0.1) is 15.6 Å². The summed E-state index contributed by atoms with van der Waals surface area (Å²) in [5.41, 5.74) is 2.77. The van der Waals surface area contributed by atoms with E-state index in [0.717, 1.165) is 69.5 Å². The van der Waals surface area contributed by atoms with Crippen LogP contribution in [0.3, 0.4) is 0 Å². The summed E-state index contributed by atoms with van der Waals surface area (Å²) < 4.78 is 0. The zero-order valence-electron chi connectivity index (χ0n) is 17.8. The Labute approximate surface area is 190 Å². The Morgan fingerprint density at radius 3 is 2.30 bits per heavy atom. The molecule has 1 atom stereocenters. The lowest BCUT2D eigenvalue weighted by Crippen LogP contribution is -2.50. The van der Waals surface area contributed by atoms with Crippen LogP contribution >= 0.6 is 23.2 Å². The van der Waals surface area contributed by atoms with E-state index >= 15 is 0 Å². The monoisotopic (exact) mass is 446 g/mol. The van der Waals surface area contributed by atoms with Gasteiger partial charge in [-0.2, -0.15) is 0 Å². The first-order valence-electron chi connectivity index (χ1n) is 11.1. The van der Waals surface area contributed by atoms with Gasteiger partial charge in [-0.3, -0.25) is 0 Å². The summed E-state index contributed by atoms with van der Waals surface area (Å²) in [6.07, 6.45) is 5.24. The fraction of sp³-hybridized carbons (Fsp3) is 0.520. The second kappa shape index (κ2) is 9.58. The van der Waals surface area contributed by atoms with E-state index in [1.54, 1.807) is 0 Å². The summed E-state index contributed by atoms with van der Waals surface area (Å²) in [5.74, 6) is 0.115. The molecule has 2 aromatic rings. The average molecular weight is 447 g/mol. The van der Waals surface area contributed by atoms with E-state index < -0.39 is 5.60 Å². The van der Waals surface area contributed by atoms with Crippen LogP contribution in [-0.4, -0.2) is 60.3 Å². The molecule has 1 heterocycles. The van der Waals surface area contributed by atoms with Crippen LogP contribution in [-0.2, 0) is 0 Å². The summed E-state index contributed by atoms with van der Waals surface area (Å²) >= 11 is 12.4. The number of nitrogens with zero attached hydrogens (tertiary/aromatic N) is 2. The largest absolute Gasteiger partial charge is 0.389 e. The normalized spacial score (nSPS) is 21.5. The standard InChI is InChI=1S/C25H32Cl2N2O/c1-28-12-14-29(15-13-28)18-22(25(30)10-3-2-4-11-25)21-7-5-6-19(16-21)20-8-9-23(26)24(27)17-20/h5-9,16-17,22,30H,2-4,10-15,18H2,1H3. The van der Waals surface area contributed by atoms with Gasteiger partial charge in [0.1, 0.15) is 0 Å². The third kappa shape index (κ3) is 5.03. The Kier molecular flexibility index (Phi) is 7.06. The van der Waals surface area contributed by atoms with Crippen molar-refractivity contribution < 1.29 is 5.11 Å². The third-order valence-corrected chi connectivity index (χ3v) is 7.69. The highest BCUT2D eigenvalue weighted by Crippen LogP contribution is 2.41. The molecule has 0 radical (unpaired) electrons. The molecule has 1 aliphatic carbocycles. The molecule has 30 heavy (non-hydrogen) atoms. The molecule has 1 saturated carbocycles. The van der Waals surface area contributed by atoms with E-state index in [4.69, 9.17) is 23.2 Å². The second-order valence-corrected chi connectivity index (χ2v) is 9.89. The van der Waals surface area contributed by atoms with Crippen molar-refractivity contribution >= 4 is 23.2 Å². The van der Waals surface area contributed by atoms with Crippen molar-refractivity contribution in [2.24, 2.45) is 0 Å². The predicted octanol–water partition coefficient (Wildman–Crippen LogP) is 5.69. The first-order chi connectivity index (χ1) is 14.4.